The lowest BCUT2D eigenvalue weighted by atomic mass is 9.86. The molecule has 18 heavy (non-hydrogen) atoms. The number of hydrogen-bond donors (Lipinski definition) is 1. The van der Waals surface area contributed by atoms with E-state index >= 15 is 0 Å². The highest BCUT2D eigenvalue weighted by Crippen LogP contribution is 2.32. The Bertz CT molecular complexity index is 367. The van der Waals surface area contributed by atoms with Crippen molar-refractivity contribution < 1.29 is 14.4 Å². The lowest BCUT2D eigenvalue weighted by molar-refractivity contribution is 0.0518. The van der Waals surface area contributed by atoms with E-state index in [9.17, 15) is 5.11 Å². The summed E-state index contributed by atoms with van der Waals surface area (Å²) in [4.78, 5) is 4.41. The zero-order valence-corrected chi connectivity index (χ0v) is 11.1. The number of rotatable bonds is 5. The van der Waals surface area contributed by atoms with Gasteiger partial charge in [-0.05, 0) is 26.2 Å². The van der Waals surface area contributed by atoms with Crippen LogP contribution in [0.3, 0.4) is 0 Å². The molecule has 5 nitrogen and oxygen atoms in total. The van der Waals surface area contributed by atoms with E-state index in [-0.39, 0.29) is 18.1 Å². The molecule has 1 heterocycles. The van der Waals surface area contributed by atoms with Crippen LogP contribution in [0.5, 0.6) is 0 Å². The Morgan fingerprint density at radius 3 is 2.83 bits per heavy atom. The second-order valence-electron chi connectivity index (χ2n) is 4.80. The molecular formula is C13H22N2O3. The Morgan fingerprint density at radius 2 is 2.17 bits per heavy atom. The van der Waals surface area contributed by atoms with Gasteiger partial charge >= 0.3 is 0 Å². The Balaban J connectivity index is 2.08. The molecule has 1 fully saturated rings. The van der Waals surface area contributed by atoms with Crippen LogP contribution in [0.4, 0.5) is 0 Å². The fraction of sp³-hybridized carbons (Fsp3) is 0.846. The minimum absolute atomic E-state index is 0.000803. The minimum Gasteiger partial charge on any atom is -0.392 e. The van der Waals surface area contributed by atoms with Gasteiger partial charge in [-0.2, -0.15) is 4.98 Å². The van der Waals surface area contributed by atoms with Crippen molar-refractivity contribution in [2.45, 2.75) is 64.1 Å². The van der Waals surface area contributed by atoms with Crippen molar-refractivity contribution in [2.75, 3.05) is 6.61 Å². The van der Waals surface area contributed by atoms with E-state index in [1.165, 1.54) is 0 Å². The molecule has 1 aliphatic carbocycles. The van der Waals surface area contributed by atoms with Gasteiger partial charge < -0.3 is 14.4 Å². The zero-order valence-electron chi connectivity index (χ0n) is 11.1. The molecule has 0 radical (unpaired) electrons. The van der Waals surface area contributed by atoms with E-state index in [0.717, 1.165) is 32.1 Å². The summed E-state index contributed by atoms with van der Waals surface area (Å²) in [5, 5.41) is 14.0. The third-order valence-electron chi connectivity index (χ3n) is 3.53. The molecule has 0 spiro atoms. The van der Waals surface area contributed by atoms with Crippen molar-refractivity contribution in [3.8, 4) is 0 Å². The van der Waals surface area contributed by atoms with Crippen LogP contribution < -0.4 is 0 Å². The minimum atomic E-state index is -0.348. The Morgan fingerprint density at radius 1 is 1.39 bits per heavy atom. The molecule has 1 aliphatic rings. The van der Waals surface area contributed by atoms with Crippen molar-refractivity contribution >= 4 is 0 Å². The molecule has 2 rings (SSSR count). The number of aromatic nitrogens is 2. The van der Waals surface area contributed by atoms with E-state index < -0.39 is 0 Å². The molecule has 5 heteroatoms. The van der Waals surface area contributed by atoms with E-state index in [4.69, 9.17) is 9.26 Å². The predicted octanol–water partition coefficient (Wildman–Crippen LogP) is 2.58. The van der Waals surface area contributed by atoms with E-state index in [1.54, 1.807) is 0 Å². The summed E-state index contributed by atoms with van der Waals surface area (Å²) in [5.41, 5.74) is 0. The molecule has 1 aromatic rings. The first kappa shape index (κ1) is 13.5. The second kappa shape index (κ2) is 6.29. The molecule has 102 valence electrons. The van der Waals surface area contributed by atoms with Crippen LogP contribution in [-0.2, 0) is 4.74 Å². The first-order valence-electron chi connectivity index (χ1n) is 6.89. The fourth-order valence-electron chi connectivity index (χ4n) is 2.50. The summed E-state index contributed by atoms with van der Waals surface area (Å²) in [7, 11) is 0. The molecular weight excluding hydrogens is 232 g/mol. The highest BCUT2D eigenvalue weighted by molar-refractivity contribution is 5.00. The molecule has 0 amide bonds. The molecule has 3 unspecified atom stereocenters. The molecule has 0 aromatic carbocycles. The highest BCUT2D eigenvalue weighted by atomic mass is 16.5. The van der Waals surface area contributed by atoms with Crippen molar-refractivity contribution in [1.29, 1.82) is 0 Å². The van der Waals surface area contributed by atoms with Crippen molar-refractivity contribution in [3.63, 3.8) is 0 Å². The Labute approximate surface area is 108 Å². The quantitative estimate of drug-likeness (QED) is 0.874. The summed E-state index contributed by atoms with van der Waals surface area (Å²) >= 11 is 0. The first-order chi connectivity index (χ1) is 8.76. The summed E-state index contributed by atoms with van der Waals surface area (Å²) in [6, 6.07) is 0. The standard InChI is InChI=1S/C13H22N2O3/c1-3-11(17-4-2)12-14-13(18-15-12)9-7-5-6-8-10(9)16/h9-11,16H,3-8H2,1-2H3. The van der Waals surface area contributed by atoms with E-state index in [0.29, 0.717) is 18.3 Å². The normalized spacial score (nSPS) is 26.2. The average Bonchev–Trinajstić information content (AvgIpc) is 2.85. The number of hydrogen-bond acceptors (Lipinski definition) is 5. The zero-order chi connectivity index (χ0) is 13.0. The monoisotopic (exact) mass is 254 g/mol. The molecule has 1 saturated carbocycles. The van der Waals surface area contributed by atoms with Crippen LogP contribution in [-0.4, -0.2) is 28.0 Å². The third-order valence-corrected chi connectivity index (χ3v) is 3.53. The lowest BCUT2D eigenvalue weighted by Gasteiger charge is -2.24. The molecule has 0 saturated heterocycles. The topological polar surface area (TPSA) is 68.4 Å². The fourth-order valence-corrected chi connectivity index (χ4v) is 2.50. The maximum atomic E-state index is 9.97. The van der Waals surface area contributed by atoms with E-state index in [1.807, 2.05) is 13.8 Å². The highest BCUT2D eigenvalue weighted by Gasteiger charge is 2.30. The average molecular weight is 254 g/mol. The van der Waals surface area contributed by atoms with Gasteiger partial charge in [0, 0.05) is 6.61 Å². The van der Waals surface area contributed by atoms with Crippen LogP contribution in [0.2, 0.25) is 0 Å². The van der Waals surface area contributed by atoms with Gasteiger partial charge in [-0.25, -0.2) is 0 Å². The van der Waals surface area contributed by atoms with E-state index in [2.05, 4.69) is 10.1 Å². The predicted molar refractivity (Wildman–Crippen MR) is 66.2 cm³/mol. The number of nitrogens with zero attached hydrogens (tertiary/aromatic N) is 2. The van der Waals surface area contributed by atoms with Gasteiger partial charge in [0.05, 0.1) is 12.0 Å². The van der Waals surface area contributed by atoms with Gasteiger partial charge in [-0.3, -0.25) is 0 Å². The third kappa shape index (κ3) is 2.90. The Hall–Kier alpha value is -0.940. The molecule has 3 atom stereocenters. The summed E-state index contributed by atoms with van der Waals surface area (Å²) in [6.45, 7) is 4.62. The van der Waals surface area contributed by atoms with Gasteiger partial charge in [-0.15, -0.1) is 0 Å². The summed E-state index contributed by atoms with van der Waals surface area (Å²) in [6.07, 6.45) is 4.31. The van der Waals surface area contributed by atoms with Gasteiger partial charge in [0.15, 0.2) is 0 Å². The van der Waals surface area contributed by atoms with Gasteiger partial charge in [-0.1, -0.05) is 24.9 Å². The number of ether oxygens (including phenoxy) is 1. The lowest BCUT2D eigenvalue weighted by Crippen LogP contribution is -2.22. The smallest absolute Gasteiger partial charge is 0.232 e. The second-order valence-corrected chi connectivity index (χ2v) is 4.80. The van der Waals surface area contributed by atoms with Crippen molar-refractivity contribution in [2.24, 2.45) is 0 Å². The van der Waals surface area contributed by atoms with Gasteiger partial charge in [0.25, 0.3) is 0 Å². The maximum absolute atomic E-state index is 9.97. The van der Waals surface area contributed by atoms with Crippen LogP contribution in [0.15, 0.2) is 4.52 Å². The Kier molecular flexibility index (Phi) is 4.72. The largest absolute Gasteiger partial charge is 0.392 e. The molecule has 1 aromatic heterocycles. The maximum Gasteiger partial charge on any atom is 0.232 e. The molecule has 0 aliphatic heterocycles. The van der Waals surface area contributed by atoms with Crippen LogP contribution in [0.1, 0.15) is 69.7 Å². The SMILES string of the molecule is CCOC(CC)c1noc(C2CCCCC2O)n1. The molecule has 0 bridgehead atoms. The van der Waals surface area contributed by atoms with Gasteiger partial charge in [0.1, 0.15) is 6.10 Å². The van der Waals surface area contributed by atoms with Crippen molar-refractivity contribution in [3.05, 3.63) is 11.7 Å². The van der Waals surface area contributed by atoms with Gasteiger partial charge in [0.2, 0.25) is 11.7 Å². The number of aliphatic hydroxyl groups is 1. The van der Waals surface area contributed by atoms with Crippen LogP contribution >= 0.6 is 0 Å². The summed E-state index contributed by atoms with van der Waals surface area (Å²) < 4.78 is 10.9. The number of aliphatic hydroxyl groups excluding tert-OH is 1. The van der Waals surface area contributed by atoms with Crippen LogP contribution in [0, 0.1) is 0 Å². The van der Waals surface area contributed by atoms with Crippen LogP contribution in [0.25, 0.3) is 0 Å². The summed E-state index contributed by atoms with van der Waals surface area (Å²) in [5.74, 6) is 1.17. The molecule has 1 N–H and O–H groups in total. The first-order valence-corrected chi connectivity index (χ1v) is 6.89. The van der Waals surface area contributed by atoms with Crippen molar-refractivity contribution in [1.82, 2.24) is 10.1 Å².